The summed E-state index contributed by atoms with van der Waals surface area (Å²) in [6.07, 6.45) is 0.213. The number of halogens is 1. The number of hydrogen-bond acceptors (Lipinski definition) is 7. The predicted molar refractivity (Wildman–Crippen MR) is 123 cm³/mol. The van der Waals surface area contributed by atoms with E-state index >= 15 is 0 Å². The molecule has 3 rings (SSSR count). The summed E-state index contributed by atoms with van der Waals surface area (Å²) >= 11 is 6.55. The maximum atomic E-state index is 12.8. The number of imide groups is 1. The monoisotopic (exact) mass is 490 g/mol. The van der Waals surface area contributed by atoms with E-state index in [1.165, 1.54) is 26.2 Å². The number of carboxylic acids is 1. The summed E-state index contributed by atoms with van der Waals surface area (Å²) < 4.78 is 10.7. The summed E-state index contributed by atoms with van der Waals surface area (Å²) in [4.78, 5) is 49.6. The number of ether oxygens (including phenoxy) is 2. The molecule has 1 aliphatic heterocycles. The zero-order valence-electron chi connectivity index (χ0n) is 17.5. The quantitative estimate of drug-likeness (QED) is 0.534. The minimum Gasteiger partial charge on any atom is -0.493 e. The van der Waals surface area contributed by atoms with Gasteiger partial charge in [-0.15, -0.1) is 0 Å². The fourth-order valence-corrected chi connectivity index (χ4v) is 3.87. The molecule has 2 aromatic carbocycles. The van der Waals surface area contributed by atoms with Gasteiger partial charge in [0.2, 0.25) is 5.91 Å². The molecule has 0 unspecified atom stereocenters. The maximum Gasteiger partial charge on any atom is 0.344 e. The molecule has 2 N–H and O–H groups in total. The summed E-state index contributed by atoms with van der Waals surface area (Å²) in [5, 5.41) is 11.6. The number of nitrogens with one attached hydrogen (secondary N) is 1. The SMILES string of the molecule is COc1cccc(/C=C2\SC(=O)N(CC(=O)Nc3cccc(Cl)c3)C2=O)c1O[C@H](C)C(=O)O. The standard InChI is InChI=1S/C22H19ClN2O7S/c1-12(21(28)29)32-19-13(5-3-8-16(19)31-2)9-17-20(27)25(22(30)33-17)11-18(26)24-15-7-4-6-14(23)10-15/h3-10,12H,11H2,1-2H3,(H,24,26)(H,28,29)/b17-9-/t12-/m1/s1. The Morgan fingerprint density at radius 2 is 1.97 bits per heavy atom. The Bertz CT molecular complexity index is 1150. The molecule has 33 heavy (non-hydrogen) atoms. The highest BCUT2D eigenvalue weighted by Gasteiger charge is 2.36. The van der Waals surface area contributed by atoms with Crippen LogP contribution in [0.25, 0.3) is 6.08 Å². The fourth-order valence-electron chi connectivity index (χ4n) is 2.85. The van der Waals surface area contributed by atoms with Gasteiger partial charge in [0.1, 0.15) is 6.54 Å². The number of carboxylic acid groups (broad SMARTS) is 1. The average Bonchev–Trinajstić information content (AvgIpc) is 3.02. The number of para-hydroxylation sites is 1. The summed E-state index contributed by atoms with van der Waals surface area (Å²) in [6.45, 7) is 0.872. The molecule has 1 aliphatic rings. The Balaban J connectivity index is 1.80. The molecule has 1 saturated heterocycles. The average molecular weight is 491 g/mol. The third kappa shape index (κ3) is 5.85. The van der Waals surface area contributed by atoms with Crippen molar-refractivity contribution in [3.05, 3.63) is 58.0 Å². The molecule has 3 amide bonds. The van der Waals surface area contributed by atoms with E-state index in [4.69, 9.17) is 26.2 Å². The molecule has 1 atom stereocenters. The molecule has 0 radical (unpaired) electrons. The highest BCUT2D eigenvalue weighted by molar-refractivity contribution is 8.18. The molecule has 2 aromatic rings. The lowest BCUT2D eigenvalue weighted by Crippen LogP contribution is -2.36. The molecule has 0 spiro atoms. The van der Waals surface area contributed by atoms with Crippen molar-refractivity contribution in [3.63, 3.8) is 0 Å². The van der Waals surface area contributed by atoms with Gasteiger partial charge in [-0.05, 0) is 49.0 Å². The largest absolute Gasteiger partial charge is 0.493 e. The van der Waals surface area contributed by atoms with E-state index in [1.54, 1.807) is 36.4 Å². The van der Waals surface area contributed by atoms with E-state index < -0.39 is 35.7 Å². The third-order valence-electron chi connectivity index (χ3n) is 4.44. The fraction of sp³-hybridized carbons (Fsp3) is 0.182. The topological polar surface area (TPSA) is 122 Å². The number of methoxy groups -OCH3 is 1. The van der Waals surface area contributed by atoms with E-state index in [9.17, 15) is 19.2 Å². The highest BCUT2D eigenvalue weighted by Crippen LogP contribution is 2.37. The number of anilines is 1. The first-order valence-electron chi connectivity index (χ1n) is 9.57. The summed E-state index contributed by atoms with van der Waals surface area (Å²) in [5.41, 5.74) is 0.775. The molecule has 1 fully saturated rings. The Morgan fingerprint density at radius 3 is 2.64 bits per heavy atom. The smallest absolute Gasteiger partial charge is 0.344 e. The van der Waals surface area contributed by atoms with Crippen molar-refractivity contribution in [2.45, 2.75) is 13.0 Å². The second-order valence-electron chi connectivity index (χ2n) is 6.80. The highest BCUT2D eigenvalue weighted by atomic mass is 35.5. The zero-order chi connectivity index (χ0) is 24.1. The van der Waals surface area contributed by atoms with Crippen LogP contribution in [0.1, 0.15) is 12.5 Å². The van der Waals surface area contributed by atoms with Crippen LogP contribution in [0.4, 0.5) is 10.5 Å². The van der Waals surface area contributed by atoms with E-state index in [0.717, 1.165) is 4.90 Å². The first-order chi connectivity index (χ1) is 15.7. The van der Waals surface area contributed by atoms with Crippen molar-refractivity contribution in [3.8, 4) is 11.5 Å². The van der Waals surface area contributed by atoms with Crippen LogP contribution < -0.4 is 14.8 Å². The summed E-state index contributed by atoms with van der Waals surface area (Å²) in [5.74, 6) is -2.04. The lowest BCUT2D eigenvalue weighted by atomic mass is 10.1. The van der Waals surface area contributed by atoms with E-state index in [1.807, 2.05) is 0 Å². The Labute approximate surface area is 198 Å². The van der Waals surface area contributed by atoms with Crippen LogP contribution in [-0.2, 0) is 14.4 Å². The number of hydrogen-bond donors (Lipinski definition) is 2. The number of rotatable bonds is 8. The Kier molecular flexibility index (Phi) is 7.62. The van der Waals surface area contributed by atoms with Crippen molar-refractivity contribution in [2.75, 3.05) is 19.0 Å². The molecule has 0 saturated carbocycles. The molecule has 172 valence electrons. The van der Waals surface area contributed by atoms with Crippen LogP contribution in [-0.4, -0.2) is 52.8 Å². The van der Waals surface area contributed by atoms with Crippen LogP contribution >= 0.6 is 23.4 Å². The van der Waals surface area contributed by atoms with Crippen molar-refractivity contribution in [1.29, 1.82) is 0 Å². The number of nitrogens with zero attached hydrogens (tertiary/aromatic N) is 1. The molecule has 1 heterocycles. The lowest BCUT2D eigenvalue weighted by molar-refractivity contribution is -0.144. The van der Waals surface area contributed by atoms with Crippen LogP contribution in [0, 0.1) is 0 Å². The zero-order valence-corrected chi connectivity index (χ0v) is 19.1. The normalized spacial score (nSPS) is 15.5. The molecular formula is C22H19ClN2O7S. The van der Waals surface area contributed by atoms with E-state index in [2.05, 4.69) is 5.32 Å². The van der Waals surface area contributed by atoms with Crippen LogP contribution in [0.15, 0.2) is 47.4 Å². The van der Waals surface area contributed by atoms with Gasteiger partial charge in [0.05, 0.1) is 12.0 Å². The first kappa shape index (κ1) is 24.1. The Morgan fingerprint density at radius 1 is 1.24 bits per heavy atom. The molecule has 0 bridgehead atoms. The first-order valence-corrected chi connectivity index (χ1v) is 10.8. The molecule has 11 heteroatoms. The van der Waals surface area contributed by atoms with Gasteiger partial charge >= 0.3 is 5.97 Å². The molecular weight excluding hydrogens is 472 g/mol. The number of benzene rings is 2. The van der Waals surface area contributed by atoms with Gasteiger partial charge in [0.25, 0.3) is 11.1 Å². The van der Waals surface area contributed by atoms with Gasteiger partial charge in [-0.25, -0.2) is 4.79 Å². The van der Waals surface area contributed by atoms with E-state index in [0.29, 0.717) is 28.0 Å². The van der Waals surface area contributed by atoms with Crippen LogP contribution in [0.3, 0.4) is 0 Å². The van der Waals surface area contributed by atoms with Crippen molar-refractivity contribution in [2.24, 2.45) is 0 Å². The Hall–Kier alpha value is -3.50. The molecule has 9 nitrogen and oxygen atoms in total. The number of carbonyl (C=O) groups is 4. The van der Waals surface area contributed by atoms with Crippen molar-refractivity contribution in [1.82, 2.24) is 4.90 Å². The van der Waals surface area contributed by atoms with Crippen molar-refractivity contribution < 1.29 is 33.8 Å². The van der Waals surface area contributed by atoms with Gasteiger partial charge in [0, 0.05) is 16.3 Å². The number of aliphatic carboxylic acids is 1. The molecule has 0 aliphatic carbocycles. The lowest BCUT2D eigenvalue weighted by Gasteiger charge is -2.16. The number of amides is 3. The summed E-state index contributed by atoms with van der Waals surface area (Å²) in [6, 6.07) is 11.3. The van der Waals surface area contributed by atoms with Gasteiger partial charge in [-0.2, -0.15) is 0 Å². The second kappa shape index (κ2) is 10.4. The maximum absolute atomic E-state index is 12.8. The second-order valence-corrected chi connectivity index (χ2v) is 8.23. The van der Waals surface area contributed by atoms with Gasteiger partial charge in [-0.1, -0.05) is 29.8 Å². The van der Waals surface area contributed by atoms with Gasteiger partial charge in [-0.3, -0.25) is 19.3 Å². The van der Waals surface area contributed by atoms with Crippen molar-refractivity contribution >= 4 is 58.1 Å². The summed E-state index contributed by atoms with van der Waals surface area (Å²) in [7, 11) is 1.39. The predicted octanol–water partition coefficient (Wildman–Crippen LogP) is 3.88. The number of thioether (sulfide) groups is 1. The van der Waals surface area contributed by atoms with Gasteiger partial charge < -0.3 is 19.9 Å². The molecule has 0 aromatic heterocycles. The van der Waals surface area contributed by atoms with E-state index in [-0.39, 0.29) is 16.4 Å². The van der Waals surface area contributed by atoms with Gasteiger partial charge in [0.15, 0.2) is 17.6 Å². The number of carbonyl (C=O) groups excluding carboxylic acids is 3. The van der Waals surface area contributed by atoms with Crippen LogP contribution in [0.2, 0.25) is 5.02 Å². The minimum atomic E-state index is -1.18. The minimum absolute atomic E-state index is 0.0524. The van der Waals surface area contributed by atoms with Crippen LogP contribution in [0.5, 0.6) is 11.5 Å². The third-order valence-corrected chi connectivity index (χ3v) is 5.58.